The molecule has 0 aliphatic rings. The number of hydrogen-bond acceptors (Lipinski definition) is 3. The lowest BCUT2D eigenvalue weighted by Crippen LogP contribution is -2.15. The number of rotatable bonds is 6. The van der Waals surface area contributed by atoms with Crippen molar-refractivity contribution in [1.29, 1.82) is 0 Å². The predicted molar refractivity (Wildman–Crippen MR) is 80.9 cm³/mol. The van der Waals surface area contributed by atoms with E-state index in [1.165, 1.54) is 13.6 Å². The van der Waals surface area contributed by atoms with E-state index in [0.717, 1.165) is 18.8 Å². The van der Waals surface area contributed by atoms with Crippen LogP contribution >= 0.6 is 39.0 Å². The molecule has 4 heteroatoms. The highest BCUT2D eigenvalue weighted by Gasteiger charge is 1.97. The summed E-state index contributed by atoms with van der Waals surface area (Å²) in [5.41, 5.74) is 0. The van der Waals surface area contributed by atoms with E-state index < -0.39 is 0 Å². The van der Waals surface area contributed by atoms with Gasteiger partial charge in [-0.3, -0.25) is 0 Å². The van der Waals surface area contributed by atoms with Crippen molar-refractivity contribution >= 4 is 39.0 Å². The Morgan fingerprint density at radius 1 is 1.12 bits per heavy atom. The van der Waals surface area contributed by atoms with E-state index in [-0.39, 0.29) is 0 Å². The molecule has 0 aliphatic carbocycles. The number of thiophene rings is 1. The van der Waals surface area contributed by atoms with Crippen LogP contribution in [0.3, 0.4) is 0 Å². The molecule has 0 saturated carbocycles. The normalized spacial score (nSPS) is 10.6. The average Bonchev–Trinajstić information content (AvgIpc) is 2.76. The van der Waals surface area contributed by atoms with E-state index in [0.29, 0.717) is 0 Å². The van der Waals surface area contributed by atoms with Crippen molar-refractivity contribution in [2.24, 2.45) is 0 Å². The molecule has 0 unspecified atom stereocenters. The maximum absolute atomic E-state index is 3.47. The van der Waals surface area contributed by atoms with Crippen molar-refractivity contribution in [1.82, 2.24) is 5.32 Å². The molecule has 0 radical (unpaired) electrons. The van der Waals surface area contributed by atoms with Crippen LogP contribution in [0.1, 0.15) is 4.88 Å². The molecule has 0 aliphatic heterocycles. The minimum Gasteiger partial charge on any atom is -0.311 e. The number of hydrogen-bond donors (Lipinski definition) is 1. The minimum atomic E-state index is 0.964. The fraction of sp³-hybridized carbons (Fsp3) is 0.231. The molecule has 1 heterocycles. The molecule has 90 valence electrons. The van der Waals surface area contributed by atoms with E-state index in [1.807, 2.05) is 11.8 Å². The smallest absolute Gasteiger partial charge is 0.0701 e. The van der Waals surface area contributed by atoms with Crippen LogP contribution in [0.4, 0.5) is 0 Å². The molecule has 17 heavy (non-hydrogen) atoms. The van der Waals surface area contributed by atoms with Gasteiger partial charge in [0.15, 0.2) is 0 Å². The van der Waals surface area contributed by atoms with Crippen LogP contribution in [0.25, 0.3) is 0 Å². The van der Waals surface area contributed by atoms with Gasteiger partial charge in [-0.05, 0) is 40.2 Å². The third kappa shape index (κ3) is 4.84. The molecule has 2 rings (SSSR count). The third-order valence-corrected chi connectivity index (χ3v) is 4.86. The van der Waals surface area contributed by atoms with Crippen molar-refractivity contribution in [3.8, 4) is 0 Å². The highest BCUT2D eigenvalue weighted by molar-refractivity contribution is 9.11. The van der Waals surface area contributed by atoms with Gasteiger partial charge in [0, 0.05) is 28.6 Å². The molecule has 0 spiro atoms. The zero-order chi connectivity index (χ0) is 11.9. The van der Waals surface area contributed by atoms with Gasteiger partial charge in [0.2, 0.25) is 0 Å². The molecular formula is C13H14BrNS2. The molecule has 0 amide bonds. The van der Waals surface area contributed by atoms with Crippen LogP contribution in [0.5, 0.6) is 0 Å². The van der Waals surface area contributed by atoms with Gasteiger partial charge in [0.25, 0.3) is 0 Å². The highest BCUT2D eigenvalue weighted by Crippen LogP contribution is 2.21. The molecule has 1 aromatic carbocycles. The van der Waals surface area contributed by atoms with Gasteiger partial charge < -0.3 is 5.32 Å². The second-order valence-corrected chi connectivity index (χ2v) is 7.26. The average molecular weight is 328 g/mol. The fourth-order valence-corrected chi connectivity index (χ4v) is 3.70. The number of benzene rings is 1. The van der Waals surface area contributed by atoms with E-state index >= 15 is 0 Å². The molecule has 0 fully saturated rings. The number of thioether (sulfide) groups is 1. The van der Waals surface area contributed by atoms with Crippen LogP contribution in [0, 0.1) is 0 Å². The van der Waals surface area contributed by atoms with Crippen molar-refractivity contribution in [3.05, 3.63) is 51.1 Å². The first-order chi connectivity index (χ1) is 8.34. The molecular weight excluding hydrogens is 314 g/mol. The SMILES string of the molecule is Brc1ccc(CNCCSc2ccccc2)s1. The number of halogens is 1. The molecule has 0 atom stereocenters. The quantitative estimate of drug-likeness (QED) is 0.623. The van der Waals surface area contributed by atoms with Crippen molar-refractivity contribution in [2.45, 2.75) is 11.4 Å². The molecule has 1 N–H and O–H groups in total. The molecule has 0 bridgehead atoms. The number of nitrogens with one attached hydrogen (secondary N) is 1. The van der Waals surface area contributed by atoms with Crippen LogP contribution in [0.15, 0.2) is 51.1 Å². The Bertz CT molecular complexity index is 442. The topological polar surface area (TPSA) is 12.0 Å². The highest BCUT2D eigenvalue weighted by atomic mass is 79.9. The van der Waals surface area contributed by atoms with Crippen LogP contribution in [-0.2, 0) is 6.54 Å². The van der Waals surface area contributed by atoms with Gasteiger partial charge in [0.05, 0.1) is 3.79 Å². The fourth-order valence-electron chi connectivity index (χ4n) is 1.42. The van der Waals surface area contributed by atoms with Crippen molar-refractivity contribution < 1.29 is 0 Å². The summed E-state index contributed by atoms with van der Waals surface area (Å²) in [4.78, 5) is 2.72. The van der Waals surface area contributed by atoms with E-state index in [1.54, 1.807) is 11.3 Å². The van der Waals surface area contributed by atoms with Crippen LogP contribution < -0.4 is 5.32 Å². The van der Waals surface area contributed by atoms with Crippen LogP contribution in [-0.4, -0.2) is 12.3 Å². The van der Waals surface area contributed by atoms with E-state index in [2.05, 4.69) is 63.7 Å². The molecule has 2 aromatic rings. The van der Waals surface area contributed by atoms with Gasteiger partial charge in [-0.15, -0.1) is 23.1 Å². The summed E-state index contributed by atoms with van der Waals surface area (Å²) in [6.45, 7) is 2.00. The summed E-state index contributed by atoms with van der Waals surface area (Å²) in [6, 6.07) is 14.8. The summed E-state index contributed by atoms with van der Waals surface area (Å²) in [6.07, 6.45) is 0. The van der Waals surface area contributed by atoms with E-state index in [4.69, 9.17) is 0 Å². The first-order valence-corrected chi connectivity index (χ1v) is 8.07. The Morgan fingerprint density at radius 2 is 1.94 bits per heavy atom. The Morgan fingerprint density at radius 3 is 2.65 bits per heavy atom. The summed E-state index contributed by atoms with van der Waals surface area (Å²) in [5.74, 6) is 1.11. The maximum Gasteiger partial charge on any atom is 0.0701 e. The lowest BCUT2D eigenvalue weighted by molar-refractivity contribution is 0.741. The Hall–Kier alpha value is -0.290. The van der Waals surface area contributed by atoms with Crippen molar-refractivity contribution in [2.75, 3.05) is 12.3 Å². The van der Waals surface area contributed by atoms with Crippen molar-refractivity contribution in [3.63, 3.8) is 0 Å². The molecule has 0 saturated heterocycles. The zero-order valence-electron chi connectivity index (χ0n) is 9.36. The third-order valence-electron chi connectivity index (χ3n) is 2.22. The Labute approximate surface area is 119 Å². The van der Waals surface area contributed by atoms with Gasteiger partial charge >= 0.3 is 0 Å². The van der Waals surface area contributed by atoms with Gasteiger partial charge in [0.1, 0.15) is 0 Å². The van der Waals surface area contributed by atoms with Crippen LogP contribution in [0.2, 0.25) is 0 Å². The largest absolute Gasteiger partial charge is 0.311 e. The first-order valence-electron chi connectivity index (χ1n) is 5.47. The van der Waals surface area contributed by atoms with Gasteiger partial charge in [-0.25, -0.2) is 0 Å². The summed E-state index contributed by atoms with van der Waals surface area (Å²) in [5, 5.41) is 3.45. The predicted octanol–water partition coefficient (Wildman–Crippen LogP) is 4.39. The minimum absolute atomic E-state index is 0.964. The first kappa shape index (κ1) is 13.1. The monoisotopic (exact) mass is 327 g/mol. The Balaban J connectivity index is 1.61. The van der Waals surface area contributed by atoms with Gasteiger partial charge in [-0.1, -0.05) is 18.2 Å². The lowest BCUT2D eigenvalue weighted by atomic mass is 10.4. The lowest BCUT2D eigenvalue weighted by Gasteiger charge is -2.03. The summed E-state index contributed by atoms with van der Waals surface area (Å²) in [7, 11) is 0. The maximum atomic E-state index is 3.47. The zero-order valence-corrected chi connectivity index (χ0v) is 12.6. The summed E-state index contributed by atoms with van der Waals surface area (Å²) >= 11 is 7.15. The molecule has 1 nitrogen and oxygen atoms in total. The standard InChI is InChI=1S/C13H14BrNS2/c14-13-7-6-12(17-13)10-15-8-9-16-11-4-2-1-3-5-11/h1-7,15H,8-10H2. The second-order valence-electron chi connectivity index (χ2n) is 3.54. The second kappa shape index (κ2) is 7.21. The summed E-state index contributed by atoms with van der Waals surface area (Å²) < 4.78 is 1.20. The van der Waals surface area contributed by atoms with E-state index in [9.17, 15) is 0 Å². The van der Waals surface area contributed by atoms with Gasteiger partial charge in [-0.2, -0.15) is 0 Å². The molecule has 1 aromatic heterocycles. The Kier molecular flexibility index (Phi) is 5.58.